The van der Waals surface area contributed by atoms with E-state index in [-0.39, 0.29) is 0 Å². The van der Waals surface area contributed by atoms with Crippen molar-refractivity contribution in [3.8, 4) is 0 Å². The molecule has 6 nitrogen and oxygen atoms in total. The van der Waals surface area contributed by atoms with Crippen molar-refractivity contribution in [1.29, 1.82) is 0 Å². The molecule has 0 spiro atoms. The van der Waals surface area contributed by atoms with Crippen LogP contribution in [-0.2, 0) is 13.1 Å². The van der Waals surface area contributed by atoms with Gasteiger partial charge in [0.1, 0.15) is 0 Å². The van der Waals surface area contributed by atoms with Crippen molar-refractivity contribution in [2.24, 2.45) is 5.73 Å². The first-order valence-electron chi connectivity index (χ1n) is 6.67. The third-order valence-corrected chi connectivity index (χ3v) is 3.58. The summed E-state index contributed by atoms with van der Waals surface area (Å²) in [4.78, 5) is 4.78. The first kappa shape index (κ1) is 13.5. The van der Waals surface area contributed by atoms with Crippen LogP contribution in [0.5, 0.6) is 0 Å². The molecule has 1 unspecified atom stereocenters. The maximum atomic E-state index is 5.50. The average Bonchev–Trinajstić information content (AvgIpc) is 2.77. The van der Waals surface area contributed by atoms with Crippen LogP contribution in [0, 0.1) is 0 Å². The van der Waals surface area contributed by atoms with Crippen molar-refractivity contribution in [3.05, 3.63) is 11.9 Å². The first-order valence-corrected chi connectivity index (χ1v) is 6.67. The highest BCUT2D eigenvalue weighted by atomic mass is 15.4. The van der Waals surface area contributed by atoms with Crippen molar-refractivity contribution < 1.29 is 0 Å². The van der Waals surface area contributed by atoms with Crippen LogP contribution in [0.15, 0.2) is 6.20 Å². The van der Waals surface area contributed by atoms with E-state index in [2.05, 4.69) is 34.2 Å². The molecule has 6 heteroatoms. The lowest BCUT2D eigenvalue weighted by molar-refractivity contribution is 0.128. The molecule has 0 bridgehead atoms. The summed E-state index contributed by atoms with van der Waals surface area (Å²) in [6.07, 6.45) is 4.55. The predicted molar refractivity (Wildman–Crippen MR) is 71.1 cm³/mol. The molecule has 2 N–H and O–H groups in total. The summed E-state index contributed by atoms with van der Waals surface area (Å²) in [7, 11) is 4.36. The van der Waals surface area contributed by atoms with E-state index in [0.717, 1.165) is 25.3 Å². The highest BCUT2D eigenvalue weighted by Crippen LogP contribution is 2.14. The highest BCUT2D eigenvalue weighted by Gasteiger charge is 2.21. The summed E-state index contributed by atoms with van der Waals surface area (Å²) in [5, 5.41) is 8.26. The molecule has 1 fully saturated rings. The summed E-state index contributed by atoms with van der Waals surface area (Å²) in [6.45, 7) is 4.57. The third-order valence-electron chi connectivity index (χ3n) is 3.58. The number of piperidine rings is 1. The summed E-state index contributed by atoms with van der Waals surface area (Å²) >= 11 is 0. The van der Waals surface area contributed by atoms with Crippen LogP contribution in [0.4, 0.5) is 0 Å². The maximum absolute atomic E-state index is 5.50. The van der Waals surface area contributed by atoms with Gasteiger partial charge in [-0.1, -0.05) is 5.21 Å². The Morgan fingerprint density at radius 2 is 2.39 bits per heavy atom. The number of aromatic nitrogens is 3. The fourth-order valence-corrected chi connectivity index (χ4v) is 2.54. The monoisotopic (exact) mass is 252 g/mol. The normalized spacial score (nSPS) is 21.7. The van der Waals surface area contributed by atoms with Gasteiger partial charge in [-0.2, -0.15) is 0 Å². The van der Waals surface area contributed by atoms with Crippen LogP contribution in [0.25, 0.3) is 0 Å². The zero-order valence-electron chi connectivity index (χ0n) is 11.4. The van der Waals surface area contributed by atoms with E-state index >= 15 is 0 Å². The van der Waals surface area contributed by atoms with Gasteiger partial charge in [0.15, 0.2) is 0 Å². The summed E-state index contributed by atoms with van der Waals surface area (Å²) < 4.78 is 1.82. The number of nitrogens with zero attached hydrogens (tertiary/aromatic N) is 5. The lowest BCUT2D eigenvalue weighted by Crippen LogP contribution is -2.44. The summed E-state index contributed by atoms with van der Waals surface area (Å²) in [5.41, 5.74) is 6.53. The first-order chi connectivity index (χ1) is 8.69. The van der Waals surface area contributed by atoms with E-state index in [9.17, 15) is 0 Å². The molecule has 2 heterocycles. The average molecular weight is 252 g/mol. The molecule has 1 atom stereocenters. The Bertz CT molecular complexity index is 363. The zero-order valence-corrected chi connectivity index (χ0v) is 11.4. The Labute approximate surface area is 109 Å². The van der Waals surface area contributed by atoms with Crippen LogP contribution < -0.4 is 5.73 Å². The minimum Gasteiger partial charge on any atom is -0.329 e. The smallest absolute Gasteiger partial charge is 0.0967 e. The Morgan fingerprint density at radius 3 is 3.11 bits per heavy atom. The molecule has 1 aromatic heterocycles. The number of hydrogen-bond acceptors (Lipinski definition) is 5. The SMILES string of the molecule is CN1CCCC(N(C)Cc2cn(CCN)nn2)C1. The van der Waals surface area contributed by atoms with E-state index in [1.54, 1.807) is 0 Å². The number of rotatable bonds is 5. The Balaban J connectivity index is 1.87. The number of likely N-dealkylation sites (tertiary alicyclic amines) is 1. The van der Waals surface area contributed by atoms with Crippen molar-refractivity contribution in [2.75, 3.05) is 33.7 Å². The van der Waals surface area contributed by atoms with E-state index < -0.39 is 0 Å². The standard InChI is InChI=1S/C12H24N6/c1-16-6-3-4-12(10-16)17(2)8-11-9-18(7-5-13)15-14-11/h9,12H,3-8,10,13H2,1-2H3. The molecule has 0 amide bonds. The van der Waals surface area contributed by atoms with Gasteiger partial charge >= 0.3 is 0 Å². The Hall–Kier alpha value is -0.980. The second kappa shape index (κ2) is 6.26. The van der Waals surface area contributed by atoms with Crippen molar-refractivity contribution in [3.63, 3.8) is 0 Å². The van der Waals surface area contributed by atoms with Gasteiger partial charge in [-0.05, 0) is 33.5 Å². The minimum absolute atomic E-state index is 0.603. The number of hydrogen-bond donors (Lipinski definition) is 1. The molecule has 0 radical (unpaired) electrons. The van der Waals surface area contributed by atoms with Crippen molar-refractivity contribution in [2.45, 2.75) is 32.0 Å². The lowest BCUT2D eigenvalue weighted by atomic mass is 10.1. The van der Waals surface area contributed by atoms with Crippen LogP contribution in [0.3, 0.4) is 0 Å². The summed E-state index contributed by atoms with van der Waals surface area (Å²) in [6, 6.07) is 0.628. The molecule has 1 aromatic rings. The van der Waals surface area contributed by atoms with Gasteiger partial charge < -0.3 is 10.6 Å². The highest BCUT2D eigenvalue weighted by molar-refractivity contribution is 4.93. The van der Waals surface area contributed by atoms with Gasteiger partial charge in [-0.3, -0.25) is 9.58 Å². The van der Waals surface area contributed by atoms with Crippen LogP contribution in [-0.4, -0.2) is 64.6 Å². The second-order valence-electron chi connectivity index (χ2n) is 5.24. The van der Waals surface area contributed by atoms with Gasteiger partial charge in [0.05, 0.1) is 12.2 Å². The fraction of sp³-hybridized carbons (Fsp3) is 0.833. The molecular weight excluding hydrogens is 228 g/mol. The van der Waals surface area contributed by atoms with Gasteiger partial charge in [0.2, 0.25) is 0 Å². The quantitative estimate of drug-likeness (QED) is 0.784. The molecule has 0 aliphatic carbocycles. The predicted octanol–water partition coefficient (Wildman–Crippen LogP) is -0.237. The van der Waals surface area contributed by atoms with E-state index in [0.29, 0.717) is 12.6 Å². The van der Waals surface area contributed by atoms with Crippen LogP contribution in [0.1, 0.15) is 18.5 Å². The van der Waals surface area contributed by atoms with Gasteiger partial charge in [-0.25, -0.2) is 0 Å². The lowest BCUT2D eigenvalue weighted by Gasteiger charge is -2.35. The third kappa shape index (κ3) is 3.51. The molecule has 102 valence electrons. The van der Waals surface area contributed by atoms with Crippen molar-refractivity contribution >= 4 is 0 Å². The Kier molecular flexibility index (Phi) is 4.68. The van der Waals surface area contributed by atoms with Crippen molar-refractivity contribution in [1.82, 2.24) is 24.8 Å². The van der Waals surface area contributed by atoms with Crippen LogP contribution >= 0.6 is 0 Å². The molecule has 0 aromatic carbocycles. The zero-order chi connectivity index (χ0) is 13.0. The number of nitrogens with two attached hydrogens (primary N) is 1. The molecule has 0 saturated carbocycles. The maximum Gasteiger partial charge on any atom is 0.0967 e. The molecule has 18 heavy (non-hydrogen) atoms. The topological polar surface area (TPSA) is 63.2 Å². The largest absolute Gasteiger partial charge is 0.329 e. The molecule has 2 rings (SSSR count). The molecule has 1 aliphatic rings. The van der Waals surface area contributed by atoms with Gasteiger partial charge in [0, 0.05) is 31.9 Å². The van der Waals surface area contributed by atoms with Gasteiger partial charge in [-0.15, -0.1) is 5.10 Å². The fourth-order valence-electron chi connectivity index (χ4n) is 2.54. The Morgan fingerprint density at radius 1 is 1.56 bits per heavy atom. The molecule has 1 saturated heterocycles. The molecular formula is C12H24N6. The van der Waals surface area contributed by atoms with Gasteiger partial charge in [0.25, 0.3) is 0 Å². The minimum atomic E-state index is 0.603. The number of likely N-dealkylation sites (N-methyl/N-ethyl adjacent to an activating group) is 2. The molecule has 1 aliphatic heterocycles. The van der Waals surface area contributed by atoms with E-state index in [1.807, 2.05) is 10.9 Å². The van der Waals surface area contributed by atoms with E-state index in [4.69, 9.17) is 5.73 Å². The second-order valence-corrected chi connectivity index (χ2v) is 5.24. The van der Waals surface area contributed by atoms with Crippen LogP contribution in [0.2, 0.25) is 0 Å². The van der Waals surface area contributed by atoms with E-state index in [1.165, 1.54) is 19.4 Å². The summed E-state index contributed by atoms with van der Waals surface area (Å²) in [5.74, 6) is 0.